The minimum Gasteiger partial charge on any atom is -0.494 e. The second-order valence-corrected chi connectivity index (χ2v) is 7.06. The molecule has 0 aliphatic carbocycles. The van der Waals surface area contributed by atoms with Crippen molar-refractivity contribution >= 4 is 11.0 Å². The summed E-state index contributed by atoms with van der Waals surface area (Å²) in [4.78, 5) is 18.4. The van der Waals surface area contributed by atoms with Crippen molar-refractivity contribution in [1.29, 1.82) is 0 Å². The smallest absolute Gasteiger partial charge is 0.269 e. The van der Waals surface area contributed by atoms with Gasteiger partial charge < -0.3 is 9.15 Å². The molecule has 3 heterocycles. The average Bonchev–Trinajstić information content (AvgIpc) is 3.45. The maximum atomic E-state index is 13.6. The highest BCUT2D eigenvalue weighted by Gasteiger charge is 2.20. The van der Waals surface area contributed by atoms with Crippen LogP contribution in [0, 0.1) is 6.92 Å². The number of hydrogen-bond donors (Lipinski definition) is 0. The Balaban J connectivity index is 1.78. The fourth-order valence-corrected chi connectivity index (χ4v) is 3.61. The summed E-state index contributed by atoms with van der Waals surface area (Å²) in [5, 5.41) is 4.90. The van der Waals surface area contributed by atoms with Gasteiger partial charge in [0.2, 0.25) is 0 Å². The third-order valence-electron chi connectivity index (χ3n) is 5.09. The molecule has 7 nitrogen and oxygen atoms in total. The van der Waals surface area contributed by atoms with E-state index in [0.29, 0.717) is 34.9 Å². The number of rotatable bonds is 5. The Morgan fingerprint density at radius 1 is 1.03 bits per heavy atom. The lowest BCUT2D eigenvalue weighted by Crippen LogP contribution is -2.22. The number of fused-ring (bicyclic) bond motifs is 1. The van der Waals surface area contributed by atoms with E-state index in [0.717, 1.165) is 17.0 Å². The van der Waals surface area contributed by atoms with Crippen LogP contribution in [0.15, 0.2) is 82.3 Å². The molecule has 0 saturated heterocycles. The van der Waals surface area contributed by atoms with Crippen LogP contribution >= 0.6 is 0 Å². The van der Waals surface area contributed by atoms with Crippen molar-refractivity contribution in [3.63, 3.8) is 0 Å². The zero-order valence-corrected chi connectivity index (χ0v) is 17.1. The van der Waals surface area contributed by atoms with Crippen molar-refractivity contribution in [3.05, 3.63) is 89.0 Å². The minimum absolute atomic E-state index is 0.222. The number of ether oxygens (including phenoxy) is 1. The molecule has 0 amide bonds. The third kappa shape index (κ3) is 3.20. The molecular formula is C24H20N4O3. The highest BCUT2D eigenvalue weighted by atomic mass is 16.5. The molecule has 0 unspecified atom stereocenters. The zero-order chi connectivity index (χ0) is 21.4. The summed E-state index contributed by atoms with van der Waals surface area (Å²) in [5.74, 6) is 1.63. The van der Waals surface area contributed by atoms with Crippen molar-refractivity contribution in [2.75, 3.05) is 6.61 Å². The summed E-state index contributed by atoms with van der Waals surface area (Å²) in [6.07, 6.45) is 3.13. The Bertz CT molecular complexity index is 1410. The molecular weight excluding hydrogens is 392 g/mol. The molecule has 154 valence electrons. The monoisotopic (exact) mass is 412 g/mol. The highest BCUT2D eigenvalue weighted by Crippen LogP contribution is 2.25. The predicted molar refractivity (Wildman–Crippen MR) is 118 cm³/mol. The van der Waals surface area contributed by atoms with E-state index in [2.05, 4.69) is 5.10 Å². The van der Waals surface area contributed by atoms with Crippen molar-refractivity contribution in [2.24, 2.45) is 0 Å². The molecule has 0 fully saturated rings. The third-order valence-corrected chi connectivity index (χ3v) is 5.09. The van der Waals surface area contributed by atoms with Crippen LogP contribution in [0.3, 0.4) is 0 Å². The summed E-state index contributed by atoms with van der Waals surface area (Å²) >= 11 is 0. The fraction of sp³-hybridized carbons (Fsp3) is 0.125. The molecule has 0 aliphatic rings. The lowest BCUT2D eigenvalue weighted by Gasteiger charge is -2.13. The van der Waals surface area contributed by atoms with E-state index in [-0.39, 0.29) is 5.56 Å². The summed E-state index contributed by atoms with van der Waals surface area (Å²) in [5.41, 5.74) is 2.82. The van der Waals surface area contributed by atoms with Crippen LogP contribution in [-0.2, 0) is 0 Å². The Morgan fingerprint density at radius 2 is 1.84 bits per heavy atom. The van der Waals surface area contributed by atoms with Crippen molar-refractivity contribution in [3.8, 4) is 28.7 Å². The van der Waals surface area contributed by atoms with E-state index >= 15 is 0 Å². The van der Waals surface area contributed by atoms with Gasteiger partial charge in [-0.05, 0) is 61.9 Å². The van der Waals surface area contributed by atoms with Crippen molar-refractivity contribution in [2.45, 2.75) is 13.8 Å². The Kier molecular flexibility index (Phi) is 4.63. The summed E-state index contributed by atoms with van der Waals surface area (Å²) < 4.78 is 14.4. The van der Waals surface area contributed by atoms with Crippen LogP contribution in [0.2, 0.25) is 0 Å². The molecule has 3 aromatic heterocycles. The van der Waals surface area contributed by atoms with Gasteiger partial charge in [-0.15, -0.1) is 0 Å². The second kappa shape index (κ2) is 7.60. The van der Waals surface area contributed by atoms with Crippen molar-refractivity contribution < 1.29 is 9.15 Å². The minimum atomic E-state index is -0.222. The second-order valence-electron chi connectivity index (χ2n) is 7.06. The fourth-order valence-electron chi connectivity index (χ4n) is 3.61. The van der Waals surface area contributed by atoms with Gasteiger partial charge in [-0.2, -0.15) is 5.10 Å². The van der Waals surface area contributed by atoms with Gasteiger partial charge in [-0.3, -0.25) is 9.36 Å². The molecule has 0 aliphatic heterocycles. The summed E-state index contributed by atoms with van der Waals surface area (Å²) in [7, 11) is 0. The standard InChI is InChI=1S/C24H20N4O3/c1-3-30-18-12-10-17(11-13-18)27-23(21-9-6-14-31-21)26-22-19(24(27)29)15-25-28(22)20-8-5-4-7-16(20)2/h4-15H,3H2,1-2H3. The van der Waals surface area contributed by atoms with E-state index in [4.69, 9.17) is 14.1 Å². The topological polar surface area (TPSA) is 75.1 Å². The summed E-state index contributed by atoms with van der Waals surface area (Å²) in [6.45, 7) is 4.50. The zero-order valence-electron chi connectivity index (χ0n) is 17.1. The van der Waals surface area contributed by atoms with Crippen LogP contribution in [0.25, 0.3) is 34.0 Å². The average molecular weight is 412 g/mol. The van der Waals surface area contributed by atoms with E-state index in [1.807, 2.05) is 62.4 Å². The van der Waals surface area contributed by atoms with Gasteiger partial charge in [0.1, 0.15) is 11.1 Å². The highest BCUT2D eigenvalue weighted by molar-refractivity contribution is 5.78. The van der Waals surface area contributed by atoms with Gasteiger partial charge in [0.05, 0.1) is 30.4 Å². The number of furan rings is 1. The van der Waals surface area contributed by atoms with Crippen LogP contribution < -0.4 is 10.3 Å². The van der Waals surface area contributed by atoms with Gasteiger partial charge in [0.25, 0.3) is 5.56 Å². The van der Waals surface area contributed by atoms with Crippen molar-refractivity contribution in [1.82, 2.24) is 19.3 Å². The Labute approximate surface area is 178 Å². The number of hydrogen-bond acceptors (Lipinski definition) is 5. The number of aromatic nitrogens is 4. The molecule has 0 saturated carbocycles. The van der Waals surface area contributed by atoms with Gasteiger partial charge in [-0.25, -0.2) is 9.67 Å². The molecule has 0 spiro atoms. The van der Waals surface area contributed by atoms with E-state index in [1.54, 1.807) is 33.8 Å². The van der Waals surface area contributed by atoms with Crippen LogP contribution in [-0.4, -0.2) is 25.9 Å². The number of benzene rings is 2. The van der Waals surface area contributed by atoms with Gasteiger partial charge in [0.15, 0.2) is 17.2 Å². The number of para-hydroxylation sites is 1. The maximum Gasteiger partial charge on any atom is 0.269 e. The van der Waals surface area contributed by atoms with E-state index in [9.17, 15) is 4.79 Å². The molecule has 0 radical (unpaired) electrons. The first-order chi connectivity index (χ1) is 15.2. The molecule has 31 heavy (non-hydrogen) atoms. The lowest BCUT2D eigenvalue weighted by molar-refractivity contribution is 0.340. The molecule has 0 N–H and O–H groups in total. The lowest BCUT2D eigenvalue weighted by atomic mass is 10.2. The molecule has 5 aromatic rings. The van der Waals surface area contributed by atoms with Gasteiger partial charge in [0, 0.05) is 0 Å². The molecule has 0 bridgehead atoms. The Morgan fingerprint density at radius 3 is 2.55 bits per heavy atom. The SMILES string of the molecule is CCOc1ccc(-n2c(-c3ccco3)nc3c(cnn3-c3ccccc3C)c2=O)cc1. The molecule has 2 aromatic carbocycles. The first-order valence-corrected chi connectivity index (χ1v) is 10.0. The number of nitrogens with zero attached hydrogens (tertiary/aromatic N) is 4. The Hall–Kier alpha value is -4.13. The largest absolute Gasteiger partial charge is 0.494 e. The summed E-state index contributed by atoms with van der Waals surface area (Å²) in [6, 6.07) is 18.7. The quantitative estimate of drug-likeness (QED) is 0.424. The van der Waals surface area contributed by atoms with E-state index in [1.165, 1.54) is 0 Å². The van der Waals surface area contributed by atoms with Gasteiger partial charge >= 0.3 is 0 Å². The van der Waals surface area contributed by atoms with Crippen LogP contribution in [0.4, 0.5) is 0 Å². The maximum absolute atomic E-state index is 13.6. The first kappa shape index (κ1) is 18.9. The predicted octanol–water partition coefficient (Wildman–Crippen LogP) is 4.54. The molecule has 0 atom stereocenters. The van der Waals surface area contributed by atoms with Gasteiger partial charge in [-0.1, -0.05) is 18.2 Å². The van der Waals surface area contributed by atoms with E-state index < -0.39 is 0 Å². The molecule has 5 rings (SSSR count). The first-order valence-electron chi connectivity index (χ1n) is 10.0. The molecule has 7 heteroatoms. The number of aryl methyl sites for hydroxylation is 1. The van der Waals surface area contributed by atoms with Crippen LogP contribution in [0.5, 0.6) is 5.75 Å². The van der Waals surface area contributed by atoms with Crippen LogP contribution in [0.1, 0.15) is 12.5 Å². The normalized spacial score (nSPS) is 11.2.